The van der Waals surface area contributed by atoms with E-state index in [1.54, 1.807) is 48.5 Å². The van der Waals surface area contributed by atoms with Crippen molar-refractivity contribution in [2.75, 3.05) is 5.32 Å². The molecule has 3 rings (SSSR count). The number of carbonyl (C=O) groups is 2. The van der Waals surface area contributed by atoms with Gasteiger partial charge in [-0.2, -0.15) is 0 Å². The van der Waals surface area contributed by atoms with Gasteiger partial charge in [0.05, 0.1) is 0 Å². The number of nitrogens with zero attached hydrogens (tertiary/aromatic N) is 2. The van der Waals surface area contributed by atoms with Gasteiger partial charge < -0.3 is 10.6 Å². The van der Waals surface area contributed by atoms with E-state index < -0.39 is 5.91 Å². The standard InChI is InChI=1S/C20H17FN4O2/c1-13(26)14-6-4-7-16(11-14)23-19-10-9-18(24-25-19)20(27)22-12-15-5-2-3-8-17(15)21/h2-11H,12H2,1H3,(H,22,27)(H,23,25). The Bertz CT molecular complexity index is 974. The minimum atomic E-state index is -0.448. The van der Waals surface area contributed by atoms with Crippen molar-refractivity contribution in [1.82, 2.24) is 15.5 Å². The lowest BCUT2D eigenvalue weighted by atomic mass is 10.1. The van der Waals surface area contributed by atoms with E-state index in [0.717, 1.165) is 0 Å². The molecule has 1 aromatic heterocycles. The van der Waals surface area contributed by atoms with Crippen molar-refractivity contribution in [2.45, 2.75) is 13.5 Å². The van der Waals surface area contributed by atoms with Gasteiger partial charge in [-0.25, -0.2) is 4.39 Å². The van der Waals surface area contributed by atoms with Crippen LogP contribution in [0.15, 0.2) is 60.7 Å². The number of amides is 1. The summed E-state index contributed by atoms with van der Waals surface area (Å²) in [4.78, 5) is 23.6. The number of ketones is 1. The summed E-state index contributed by atoms with van der Waals surface area (Å²) in [5.41, 5.74) is 1.78. The molecule has 0 atom stereocenters. The van der Waals surface area contributed by atoms with Crippen molar-refractivity contribution in [1.29, 1.82) is 0 Å². The molecule has 7 heteroatoms. The van der Waals surface area contributed by atoms with E-state index in [9.17, 15) is 14.0 Å². The summed E-state index contributed by atoms with van der Waals surface area (Å²) in [5.74, 6) is -0.430. The van der Waals surface area contributed by atoms with E-state index in [1.807, 2.05) is 0 Å². The molecule has 0 aliphatic heterocycles. The first-order chi connectivity index (χ1) is 13.0. The van der Waals surface area contributed by atoms with Crippen LogP contribution in [-0.4, -0.2) is 21.9 Å². The van der Waals surface area contributed by atoms with Gasteiger partial charge in [0.1, 0.15) is 5.82 Å². The molecule has 0 fully saturated rings. The van der Waals surface area contributed by atoms with E-state index in [2.05, 4.69) is 20.8 Å². The third kappa shape index (κ3) is 4.72. The second-order valence-electron chi connectivity index (χ2n) is 5.84. The molecule has 3 aromatic rings. The molecule has 0 saturated carbocycles. The number of carbonyl (C=O) groups excluding carboxylic acids is 2. The fourth-order valence-corrected chi connectivity index (χ4v) is 2.39. The van der Waals surface area contributed by atoms with Crippen LogP contribution in [0, 0.1) is 5.82 Å². The molecule has 0 spiro atoms. The summed E-state index contributed by atoms with van der Waals surface area (Å²) in [7, 11) is 0. The first-order valence-corrected chi connectivity index (χ1v) is 8.26. The molecule has 2 aromatic carbocycles. The van der Waals surface area contributed by atoms with Crippen LogP contribution in [0.1, 0.15) is 33.3 Å². The maximum Gasteiger partial charge on any atom is 0.272 e. The molecule has 1 amide bonds. The van der Waals surface area contributed by atoms with Crippen LogP contribution >= 0.6 is 0 Å². The molecular formula is C20H17FN4O2. The van der Waals surface area contributed by atoms with Gasteiger partial charge in [0.15, 0.2) is 17.3 Å². The number of hydrogen-bond donors (Lipinski definition) is 2. The van der Waals surface area contributed by atoms with Crippen LogP contribution in [0.2, 0.25) is 0 Å². The van der Waals surface area contributed by atoms with E-state index in [4.69, 9.17) is 0 Å². The predicted molar refractivity (Wildman–Crippen MR) is 99.3 cm³/mol. The van der Waals surface area contributed by atoms with E-state index in [0.29, 0.717) is 22.6 Å². The van der Waals surface area contributed by atoms with E-state index in [-0.39, 0.29) is 23.8 Å². The Labute approximate surface area is 155 Å². The first kappa shape index (κ1) is 18.2. The Morgan fingerprint density at radius 2 is 1.81 bits per heavy atom. The highest BCUT2D eigenvalue weighted by Gasteiger charge is 2.10. The molecule has 136 valence electrons. The van der Waals surface area contributed by atoms with Gasteiger partial charge in [0.25, 0.3) is 5.91 Å². The minimum absolute atomic E-state index is 0.0356. The normalized spacial score (nSPS) is 10.3. The predicted octanol–water partition coefficient (Wildman–Crippen LogP) is 3.49. The van der Waals surface area contributed by atoms with Crippen molar-refractivity contribution >= 4 is 23.2 Å². The maximum absolute atomic E-state index is 13.6. The molecule has 0 aliphatic carbocycles. The molecule has 1 heterocycles. The SMILES string of the molecule is CC(=O)c1cccc(Nc2ccc(C(=O)NCc3ccccc3F)nn2)c1. The third-order valence-electron chi connectivity index (χ3n) is 3.84. The van der Waals surface area contributed by atoms with Crippen LogP contribution < -0.4 is 10.6 Å². The molecule has 0 bridgehead atoms. The zero-order chi connectivity index (χ0) is 19.2. The van der Waals surface area contributed by atoms with Gasteiger partial charge in [0.2, 0.25) is 0 Å². The van der Waals surface area contributed by atoms with Gasteiger partial charge in [-0.05, 0) is 37.3 Å². The van der Waals surface area contributed by atoms with Crippen LogP contribution in [0.3, 0.4) is 0 Å². The Kier molecular flexibility index (Phi) is 5.51. The third-order valence-corrected chi connectivity index (χ3v) is 3.84. The molecule has 0 radical (unpaired) electrons. The molecule has 27 heavy (non-hydrogen) atoms. The lowest BCUT2D eigenvalue weighted by Gasteiger charge is -2.08. The molecule has 2 N–H and O–H groups in total. The number of nitrogens with one attached hydrogen (secondary N) is 2. The number of hydrogen-bond acceptors (Lipinski definition) is 5. The topological polar surface area (TPSA) is 84.0 Å². The Morgan fingerprint density at radius 3 is 2.52 bits per heavy atom. The number of anilines is 2. The molecule has 6 nitrogen and oxygen atoms in total. The largest absolute Gasteiger partial charge is 0.346 e. The zero-order valence-electron chi connectivity index (χ0n) is 14.6. The Morgan fingerprint density at radius 1 is 1.00 bits per heavy atom. The summed E-state index contributed by atoms with van der Waals surface area (Å²) >= 11 is 0. The summed E-state index contributed by atoms with van der Waals surface area (Å²) in [6.07, 6.45) is 0. The van der Waals surface area contributed by atoms with Crippen molar-refractivity contribution < 1.29 is 14.0 Å². The van der Waals surface area contributed by atoms with Crippen molar-refractivity contribution in [2.24, 2.45) is 0 Å². The number of benzene rings is 2. The lowest BCUT2D eigenvalue weighted by molar-refractivity contribution is 0.0943. The van der Waals surface area contributed by atoms with Crippen molar-refractivity contribution in [3.8, 4) is 0 Å². The smallest absolute Gasteiger partial charge is 0.272 e. The number of aromatic nitrogens is 2. The second-order valence-corrected chi connectivity index (χ2v) is 5.84. The summed E-state index contributed by atoms with van der Waals surface area (Å²) in [6, 6.07) is 16.3. The first-order valence-electron chi connectivity index (χ1n) is 8.26. The fourth-order valence-electron chi connectivity index (χ4n) is 2.39. The number of rotatable bonds is 6. The Hall–Kier alpha value is -3.61. The Balaban J connectivity index is 1.63. The maximum atomic E-state index is 13.6. The quantitative estimate of drug-likeness (QED) is 0.654. The van der Waals surface area contributed by atoms with Crippen LogP contribution in [-0.2, 0) is 6.54 Å². The number of halogens is 1. The van der Waals surface area contributed by atoms with Crippen molar-refractivity contribution in [3.63, 3.8) is 0 Å². The summed E-state index contributed by atoms with van der Waals surface area (Å²) in [6.45, 7) is 1.55. The second kappa shape index (κ2) is 8.18. The highest BCUT2D eigenvalue weighted by Crippen LogP contribution is 2.16. The summed E-state index contributed by atoms with van der Waals surface area (Å²) in [5, 5.41) is 13.5. The molecular weight excluding hydrogens is 347 g/mol. The molecule has 0 aliphatic rings. The van der Waals surface area contributed by atoms with Gasteiger partial charge in [-0.3, -0.25) is 9.59 Å². The lowest BCUT2D eigenvalue weighted by Crippen LogP contribution is -2.24. The highest BCUT2D eigenvalue weighted by molar-refractivity contribution is 5.95. The molecule has 0 unspecified atom stereocenters. The fraction of sp³-hybridized carbons (Fsp3) is 0.100. The van der Waals surface area contributed by atoms with Gasteiger partial charge >= 0.3 is 0 Å². The summed E-state index contributed by atoms with van der Waals surface area (Å²) < 4.78 is 13.6. The average Bonchev–Trinajstić information content (AvgIpc) is 2.68. The van der Waals surface area contributed by atoms with E-state index in [1.165, 1.54) is 19.1 Å². The highest BCUT2D eigenvalue weighted by atomic mass is 19.1. The van der Waals surface area contributed by atoms with Crippen LogP contribution in [0.25, 0.3) is 0 Å². The number of Topliss-reactive ketones (excluding diaryl/α,β-unsaturated/α-hetero) is 1. The van der Waals surface area contributed by atoms with Gasteiger partial charge in [-0.15, -0.1) is 10.2 Å². The monoisotopic (exact) mass is 364 g/mol. The van der Waals surface area contributed by atoms with Crippen molar-refractivity contribution in [3.05, 3.63) is 83.3 Å². The average molecular weight is 364 g/mol. The van der Waals surface area contributed by atoms with Crippen LogP contribution in [0.4, 0.5) is 15.9 Å². The van der Waals surface area contributed by atoms with Gasteiger partial charge in [0, 0.05) is 23.4 Å². The van der Waals surface area contributed by atoms with Gasteiger partial charge in [-0.1, -0.05) is 30.3 Å². The minimum Gasteiger partial charge on any atom is -0.346 e. The molecule has 0 saturated heterocycles. The zero-order valence-corrected chi connectivity index (χ0v) is 14.6. The van der Waals surface area contributed by atoms with E-state index >= 15 is 0 Å². The van der Waals surface area contributed by atoms with Crippen LogP contribution in [0.5, 0.6) is 0 Å².